The molecule has 0 spiro atoms. The van der Waals surface area contributed by atoms with Gasteiger partial charge in [0.15, 0.2) is 0 Å². The molecule has 0 fully saturated rings. The van der Waals surface area contributed by atoms with E-state index in [4.69, 9.17) is 5.73 Å². The molecule has 3 aromatic rings. The van der Waals surface area contributed by atoms with Crippen LogP contribution in [0.25, 0.3) is 11.1 Å². The number of nitrogens with zero attached hydrogens (tertiary/aromatic N) is 1. The summed E-state index contributed by atoms with van der Waals surface area (Å²) >= 11 is 1.73. The van der Waals surface area contributed by atoms with Crippen molar-refractivity contribution in [2.45, 2.75) is 38.6 Å². The molecule has 0 radical (unpaired) electrons. The third kappa shape index (κ3) is 11.9. The average Bonchev–Trinajstić information content (AvgIpc) is 3.16. The van der Waals surface area contributed by atoms with Gasteiger partial charge in [-0.3, -0.25) is 0 Å². The molecule has 0 aromatic heterocycles. The summed E-state index contributed by atoms with van der Waals surface area (Å²) in [6.07, 6.45) is 22.5. The number of rotatable bonds is 3. The largest absolute Gasteiger partial charge is 0.345 e. The summed E-state index contributed by atoms with van der Waals surface area (Å²) in [6.45, 7) is 13.6. The van der Waals surface area contributed by atoms with Crippen molar-refractivity contribution in [2.24, 2.45) is 11.5 Å². The molecule has 0 bridgehead atoms. The Hall–Kier alpha value is -4.61. The van der Waals surface area contributed by atoms with E-state index in [1.54, 1.807) is 17.3 Å². The van der Waals surface area contributed by atoms with Gasteiger partial charge in [-0.25, -0.2) is 0 Å². The summed E-state index contributed by atoms with van der Waals surface area (Å²) < 4.78 is 0. The minimum absolute atomic E-state index is 0.640. The molecule has 0 unspecified atom stereocenters. The Morgan fingerprint density at radius 3 is 1.98 bits per heavy atom. The van der Waals surface area contributed by atoms with E-state index in [-0.39, 0.29) is 0 Å². The summed E-state index contributed by atoms with van der Waals surface area (Å²) in [6, 6.07) is 29.1. The fourth-order valence-corrected chi connectivity index (χ4v) is 6.21. The number of hydrogen-bond donors (Lipinski definition) is 2. The summed E-state index contributed by atoms with van der Waals surface area (Å²) in [5, 5.41) is 3.33. The van der Waals surface area contributed by atoms with Crippen LogP contribution < -0.4 is 11.5 Å². The van der Waals surface area contributed by atoms with E-state index in [1.807, 2.05) is 42.5 Å². The van der Waals surface area contributed by atoms with Crippen molar-refractivity contribution in [2.75, 3.05) is 14.1 Å². The Bertz CT molecular complexity index is 1670. The molecular weight excluding hydrogens is 603 g/mol. The predicted molar refractivity (Wildman–Crippen MR) is 214 cm³/mol. The molecule has 0 saturated heterocycles. The number of benzene rings is 3. The van der Waals surface area contributed by atoms with Gasteiger partial charge in [0.1, 0.15) is 0 Å². The van der Waals surface area contributed by atoms with E-state index in [2.05, 4.69) is 134 Å². The van der Waals surface area contributed by atoms with E-state index in [1.165, 1.54) is 31.0 Å². The van der Waals surface area contributed by atoms with Gasteiger partial charge < -0.3 is 16.4 Å². The van der Waals surface area contributed by atoms with E-state index in [9.17, 15) is 0 Å². The molecule has 4 heteroatoms. The number of allylic oxidation sites excluding steroid dienone is 12. The first kappa shape index (κ1) is 37.8. The second kappa shape index (κ2) is 21.3. The van der Waals surface area contributed by atoms with Gasteiger partial charge in [-0.1, -0.05) is 158 Å². The second-order valence-electron chi connectivity index (χ2n) is 11.3. The standard InChI is InChI=1S/C23H23NS.C13H14.C7H9N.CH5N/c1-17-11-8-10-16-25-23-22(18(2)12-7-9-15-24(23)4)21-14-6-5-13-20(21)19(17)3;1-3-7-12(8-4-1)11-13-9-5-2-6-10-13;8-6-7-4-2-1-3-5-7;1-2/h5-7,9-10,12-16H,1-3,8,11H2,4H3;1-5,7-9H,6,10-11H2;1-5H,6,8H2;2H2,1H3/b12-7-,15-9-,16-10-,23-22-;;;. The zero-order valence-electron chi connectivity index (χ0n) is 28.7. The fourth-order valence-electron chi connectivity index (χ4n) is 5.26. The summed E-state index contributed by atoms with van der Waals surface area (Å²) in [5.74, 6) is 0. The zero-order chi connectivity index (χ0) is 34.6. The van der Waals surface area contributed by atoms with Gasteiger partial charge in [-0.15, -0.1) is 0 Å². The van der Waals surface area contributed by atoms with Crippen LogP contribution in [0.1, 0.15) is 47.9 Å². The summed E-state index contributed by atoms with van der Waals surface area (Å²) in [4.78, 5) is 2.16. The molecule has 0 saturated carbocycles. The van der Waals surface area contributed by atoms with Gasteiger partial charge in [0, 0.05) is 25.4 Å². The lowest BCUT2D eigenvalue weighted by Crippen LogP contribution is -2.12. The maximum Gasteiger partial charge on any atom is 0.0873 e. The molecule has 3 nitrogen and oxygen atoms in total. The maximum atomic E-state index is 5.35. The highest BCUT2D eigenvalue weighted by Gasteiger charge is 2.20. The van der Waals surface area contributed by atoms with Crippen LogP contribution in [-0.2, 0) is 13.0 Å². The first-order valence-corrected chi connectivity index (χ1v) is 17.4. The quantitative estimate of drug-likeness (QED) is 0.295. The van der Waals surface area contributed by atoms with Crippen LogP contribution in [0.5, 0.6) is 0 Å². The SMILES string of the molecule is C1=CCCC(Cc2ccccc2)=C1.C=C1CC/C=C\S/C2=C(/C(=C)/C=C\C=C/N2C)c2ccccc2C1=C.CN.NCc1ccccc1. The Balaban J connectivity index is 0.000000224. The number of nitrogens with two attached hydrogens (primary N) is 2. The maximum absolute atomic E-state index is 5.35. The van der Waals surface area contributed by atoms with Gasteiger partial charge in [0.05, 0.1) is 5.03 Å². The molecule has 2 heterocycles. The topological polar surface area (TPSA) is 55.3 Å². The summed E-state index contributed by atoms with van der Waals surface area (Å²) in [7, 11) is 3.58. The molecule has 3 aromatic carbocycles. The molecule has 6 rings (SSSR count). The Morgan fingerprint density at radius 2 is 1.35 bits per heavy atom. The van der Waals surface area contributed by atoms with Crippen molar-refractivity contribution in [1.29, 1.82) is 0 Å². The van der Waals surface area contributed by atoms with Gasteiger partial charge in [0.25, 0.3) is 0 Å². The Morgan fingerprint density at radius 1 is 0.729 bits per heavy atom. The highest BCUT2D eigenvalue weighted by atomic mass is 32.2. The molecule has 4 N–H and O–H groups in total. The number of hydrogen-bond acceptors (Lipinski definition) is 4. The average molecular weight is 654 g/mol. The van der Waals surface area contributed by atoms with E-state index < -0.39 is 0 Å². The van der Waals surface area contributed by atoms with Crippen molar-refractivity contribution >= 4 is 22.9 Å². The highest BCUT2D eigenvalue weighted by molar-refractivity contribution is 8.05. The summed E-state index contributed by atoms with van der Waals surface area (Å²) in [5.41, 5.74) is 20.5. The molecular formula is C44H51N3S. The highest BCUT2D eigenvalue weighted by Crippen LogP contribution is 2.40. The minimum atomic E-state index is 0.640. The molecule has 48 heavy (non-hydrogen) atoms. The lowest BCUT2D eigenvalue weighted by molar-refractivity contribution is 0.613. The third-order valence-corrected chi connectivity index (χ3v) is 8.91. The van der Waals surface area contributed by atoms with Crippen LogP contribution in [0.2, 0.25) is 0 Å². The van der Waals surface area contributed by atoms with Crippen molar-refractivity contribution < 1.29 is 0 Å². The first-order valence-electron chi connectivity index (χ1n) is 16.5. The lowest BCUT2D eigenvalue weighted by Gasteiger charge is -2.25. The molecule has 0 atom stereocenters. The van der Waals surface area contributed by atoms with Crippen LogP contribution >= 0.6 is 11.8 Å². The number of fused-ring (bicyclic) bond motifs is 2. The zero-order valence-corrected chi connectivity index (χ0v) is 29.5. The van der Waals surface area contributed by atoms with Crippen molar-refractivity contribution in [1.82, 2.24) is 4.90 Å². The predicted octanol–water partition coefficient (Wildman–Crippen LogP) is 10.8. The van der Waals surface area contributed by atoms with Crippen molar-refractivity contribution in [3.63, 3.8) is 0 Å². The molecule has 1 aliphatic carbocycles. The minimum Gasteiger partial charge on any atom is -0.345 e. The van der Waals surface area contributed by atoms with Crippen molar-refractivity contribution in [3.05, 3.63) is 203 Å². The number of thioether (sulfide) groups is 1. The molecule has 248 valence electrons. The molecule has 3 aliphatic rings. The van der Waals surface area contributed by atoms with Crippen LogP contribution in [0.4, 0.5) is 0 Å². The van der Waals surface area contributed by atoms with Gasteiger partial charge in [0.2, 0.25) is 0 Å². The second-order valence-corrected chi connectivity index (χ2v) is 12.2. The van der Waals surface area contributed by atoms with Gasteiger partial charge >= 0.3 is 0 Å². The van der Waals surface area contributed by atoms with Crippen molar-refractivity contribution in [3.8, 4) is 0 Å². The van der Waals surface area contributed by atoms with E-state index in [0.29, 0.717) is 6.54 Å². The molecule has 0 amide bonds. The van der Waals surface area contributed by atoms with Crippen LogP contribution in [-0.4, -0.2) is 19.0 Å². The van der Waals surface area contributed by atoms with Crippen LogP contribution in [0.3, 0.4) is 0 Å². The van der Waals surface area contributed by atoms with E-state index >= 15 is 0 Å². The van der Waals surface area contributed by atoms with Crippen LogP contribution in [0, 0.1) is 0 Å². The molecule has 2 aliphatic heterocycles. The smallest absolute Gasteiger partial charge is 0.0873 e. The normalized spacial score (nSPS) is 19.0. The fraction of sp³-hybridized carbons (Fsp3) is 0.182. The Labute approximate surface area is 293 Å². The lowest BCUT2D eigenvalue weighted by atomic mass is 9.88. The van der Waals surface area contributed by atoms with Crippen LogP contribution in [0.15, 0.2) is 181 Å². The Kier molecular flexibility index (Phi) is 16.8. The third-order valence-electron chi connectivity index (χ3n) is 7.86. The van der Waals surface area contributed by atoms with E-state index in [0.717, 1.165) is 57.7 Å². The van der Waals surface area contributed by atoms with Gasteiger partial charge in [-0.2, -0.15) is 0 Å². The monoisotopic (exact) mass is 653 g/mol. The first-order chi connectivity index (χ1) is 23.5. The van der Waals surface area contributed by atoms with Gasteiger partial charge in [-0.05, 0) is 89.6 Å².